The second-order valence-electron chi connectivity index (χ2n) is 2.63. The molecule has 0 saturated heterocycles. The Morgan fingerprint density at radius 3 is 1.25 bits per heavy atom. The van der Waals surface area contributed by atoms with Gasteiger partial charge in [0.15, 0.2) is 0 Å². The Balaban J connectivity index is -0.000000118. The summed E-state index contributed by atoms with van der Waals surface area (Å²) >= 11 is 0. The van der Waals surface area contributed by atoms with E-state index in [0.717, 1.165) is 5.70 Å². The van der Waals surface area contributed by atoms with Crippen LogP contribution in [0.3, 0.4) is 0 Å². The molecule has 0 aliphatic heterocycles. The third kappa shape index (κ3) is 33.8. The summed E-state index contributed by atoms with van der Waals surface area (Å²) in [5, 5.41) is 0. The van der Waals surface area contributed by atoms with Crippen molar-refractivity contribution in [2.24, 2.45) is 0 Å². The molecule has 0 aromatic carbocycles. The first-order valence-corrected chi connectivity index (χ1v) is 4.89. The van der Waals surface area contributed by atoms with Gasteiger partial charge in [0, 0.05) is 19.8 Å². The lowest BCUT2D eigenvalue weighted by Gasteiger charge is -2.08. The lowest BCUT2D eigenvalue weighted by molar-refractivity contribution is 0.516. The summed E-state index contributed by atoms with van der Waals surface area (Å²) < 4.78 is 0. The average Bonchev–Trinajstić information content (AvgIpc) is 2.08. The predicted molar refractivity (Wildman–Crippen MR) is 60.4 cm³/mol. The minimum atomic E-state index is 1.09. The quantitative estimate of drug-likeness (QED) is 0.612. The van der Waals surface area contributed by atoms with Gasteiger partial charge in [0.05, 0.1) is 0 Å². The van der Waals surface area contributed by atoms with Gasteiger partial charge in [-0.3, -0.25) is 0 Å². The maximum absolute atomic E-state index is 3.68. The third-order valence-electron chi connectivity index (χ3n) is 1.26. The monoisotopic (exact) mass is 173 g/mol. The maximum Gasteiger partial charge on any atom is 0.00578 e. The molecule has 0 unspecified atom stereocenters. The van der Waals surface area contributed by atoms with Gasteiger partial charge in [0.1, 0.15) is 0 Å². The fraction of sp³-hybridized carbons (Fsp3) is 0.818. The fourth-order valence-corrected chi connectivity index (χ4v) is 0. The van der Waals surface area contributed by atoms with Gasteiger partial charge in [-0.15, -0.1) is 0 Å². The topological polar surface area (TPSA) is 3.24 Å². The average molecular weight is 173 g/mol. The molecule has 0 atom stereocenters. The standard InChI is InChI=1S/C5H11N.C4H10.C2H6/c1-5(2)6(3)4;1-3-4-2;1-2/h1H2,2-4H3;3-4H2,1-2H3;1-2H3. The molecule has 0 amide bonds. The van der Waals surface area contributed by atoms with Crippen LogP contribution in [0.4, 0.5) is 0 Å². The van der Waals surface area contributed by atoms with E-state index in [1.165, 1.54) is 12.8 Å². The summed E-state index contributed by atoms with van der Waals surface area (Å²) in [6, 6.07) is 0. The highest BCUT2D eigenvalue weighted by molar-refractivity contribution is 4.82. The lowest BCUT2D eigenvalue weighted by atomic mass is 10.4. The number of nitrogens with zero attached hydrogens (tertiary/aromatic N) is 1. The van der Waals surface area contributed by atoms with Crippen molar-refractivity contribution in [1.29, 1.82) is 0 Å². The summed E-state index contributed by atoms with van der Waals surface area (Å²) in [5.74, 6) is 0. The van der Waals surface area contributed by atoms with E-state index in [1.807, 2.05) is 39.8 Å². The molecular formula is C11H27N. The summed E-state index contributed by atoms with van der Waals surface area (Å²) in [7, 11) is 3.95. The highest BCUT2D eigenvalue weighted by atomic mass is 15.1. The molecule has 76 valence electrons. The molecule has 0 aliphatic rings. The largest absolute Gasteiger partial charge is 0.382 e. The first-order chi connectivity index (χ1) is 5.56. The molecule has 0 rings (SSSR count). The van der Waals surface area contributed by atoms with E-state index in [9.17, 15) is 0 Å². The number of hydrogen-bond donors (Lipinski definition) is 0. The molecule has 0 aliphatic carbocycles. The van der Waals surface area contributed by atoms with Gasteiger partial charge < -0.3 is 4.90 Å². The molecule has 0 spiro atoms. The van der Waals surface area contributed by atoms with Crippen LogP contribution >= 0.6 is 0 Å². The van der Waals surface area contributed by atoms with Gasteiger partial charge in [0.2, 0.25) is 0 Å². The molecule has 0 aromatic rings. The van der Waals surface area contributed by atoms with Crippen molar-refractivity contribution in [2.75, 3.05) is 14.1 Å². The van der Waals surface area contributed by atoms with Crippen molar-refractivity contribution in [3.05, 3.63) is 12.3 Å². The van der Waals surface area contributed by atoms with Crippen LogP contribution in [0.2, 0.25) is 0 Å². The van der Waals surface area contributed by atoms with Crippen molar-refractivity contribution in [3.8, 4) is 0 Å². The highest BCUT2D eigenvalue weighted by Gasteiger charge is 1.79. The van der Waals surface area contributed by atoms with E-state index in [2.05, 4.69) is 20.4 Å². The first kappa shape index (κ1) is 17.6. The van der Waals surface area contributed by atoms with Gasteiger partial charge in [-0.1, -0.05) is 47.1 Å². The van der Waals surface area contributed by atoms with Crippen LogP contribution < -0.4 is 0 Å². The molecule has 0 saturated carbocycles. The van der Waals surface area contributed by atoms with Gasteiger partial charge in [-0.05, 0) is 6.92 Å². The number of unbranched alkanes of at least 4 members (excludes halogenated alkanes) is 1. The van der Waals surface area contributed by atoms with Crippen LogP contribution in [-0.4, -0.2) is 19.0 Å². The van der Waals surface area contributed by atoms with Gasteiger partial charge in [0.25, 0.3) is 0 Å². The highest BCUT2D eigenvalue weighted by Crippen LogP contribution is 1.86. The van der Waals surface area contributed by atoms with Gasteiger partial charge in [-0.25, -0.2) is 0 Å². The molecule has 0 heterocycles. The van der Waals surface area contributed by atoms with E-state index < -0.39 is 0 Å². The van der Waals surface area contributed by atoms with Crippen molar-refractivity contribution < 1.29 is 0 Å². The lowest BCUT2D eigenvalue weighted by Crippen LogP contribution is -2.05. The van der Waals surface area contributed by atoms with Gasteiger partial charge >= 0.3 is 0 Å². The van der Waals surface area contributed by atoms with Crippen molar-refractivity contribution in [3.63, 3.8) is 0 Å². The van der Waals surface area contributed by atoms with Crippen LogP contribution in [-0.2, 0) is 0 Å². The Bertz CT molecular complexity index is 73.1. The molecule has 0 radical (unpaired) electrons. The van der Waals surface area contributed by atoms with Crippen LogP contribution in [0, 0.1) is 0 Å². The van der Waals surface area contributed by atoms with Crippen LogP contribution in [0.25, 0.3) is 0 Å². The fourth-order valence-electron chi connectivity index (χ4n) is 0. The molecule has 0 N–H and O–H groups in total. The number of allylic oxidation sites excluding steroid dienone is 1. The van der Waals surface area contributed by atoms with E-state index >= 15 is 0 Å². The molecule has 1 heteroatoms. The second-order valence-corrected chi connectivity index (χ2v) is 2.63. The molecule has 1 nitrogen and oxygen atoms in total. The summed E-state index contributed by atoms with van der Waals surface area (Å²) in [6.07, 6.45) is 2.64. The molecule has 0 bridgehead atoms. The van der Waals surface area contributed by atoms with Gasteiger partial charge in [-0.2, -0.15) is 0 Å². The van der Waals surface area contributed by atoms with Crippen LogP contribution in [0.1, 0.15) is 47.5 Å². The summed E-state index contributed by atoms with van der Waals surface area (Å²) in [6.45, 7) is 14.0. The number of hydrogen-bond acceptors (Lipinski definition) is 1. The van der Waals surface area contributed by atoms with Crippen molar-refractivity contribution >= 4 is 0 Å². The molecule has 12 heavy (non-hydrogen) atoms. The minimum Gasteiger partial charge on any atom is -0.382 e. The van der Waals surface area contributed by atoms with Crippen LogP contribution in [0.5, 0.6) is 0 Å². The third-order valence-corrected chi connectivity index (χ3v) is 1.26. The van der Waals surface area contributed by atoms with E-state index in [-0.39, 0.29) is 0 Å². The second kappa shape index (κ2) is 16.9. The zero-order valence-electron chi connectivity index (χ0n) is 10.1. The molecule has 0 fully saturated rings. The smallest absolute Gasteiger partial charge is 0.00578 e. The van der Waals surface area contributed by atoms with Crippen molar-refractivity contribution in [1.82, 2.24) is 4.90 Å². The summed E-state index contributed by atoms with van der Waals surface area (Å²) in [4.78, 5) is 1.97. The SMILES string of the molecule is C=C(C)N(C)C.CC.CCCC. The zero-order chi connectivity index (χ0) is 10.6. The Labute approximate surface area is 79.5 Å². The maximum atomic E-state index is 3.68. The number of rotatable bonds is 2. The predicted octanol–water partition coefficient (Wildman–Crippen LogP) is 3.91. The molecule has 0 aromatic heterocycles. The van der Waals surface area contributed by atoms with E-state index in [1.54, 1.807) is 0 Å². The zero-order valence-corrected chi connectivity index (χ0v) is 10.1. The Kier molecular flexibility index (Phi) is 24.7. The van der Waals surface area contributed by atoms with Crippen molar-refractivity contribution in [2.45, 2.75) is 47.5 Å². The van der Waals surface area contributed by atoms with Crippen LogP contribution in [0.15, 0.2) is 12.3 Å². The minimum absolute atomic E-state index is 1.09. The Morgan fingerprint density at radius 1 is 1.08 bits per heavy atom. The first-order valence-electron chi connectivity index (χ1n) is 4.89. The van der Waals surface area contributed by atoms with E-state index in [4.69, 9.17) is 0 Å². The Morgan fingerprint density at radius 2 is 1.25 bits per heavy atom. The summed E-state index contributed by atoms with van der Waals surface area (Å²) in [5.41, 5.74) is 1.09. The van der Waals surface area contributed by atoms with E-state index in [0.29, 0.717) is 0 Å². The normalized spacial score (nSPS) is 6.92. The molecular weight excluding hydrogens is 146 g/mol. The Hall–Kier alpha value is -0.460.